The van der Waals surface area contributed by atoms with Crippen molar-refractivity contribution in [1.29, 1.82) is 0 Å². The molecule has 0 spiro atoms. The highest BCUT2D eigenvalue weighted by Gasteiger charge is 2.38. The van der Waals surface area contributed by atoms with Crippen molar-refractivity contribution in [3.63, 3.8) is 0 Å². The van der Waals surface area contributed by atoms with Gasteiger partial charge in [0.25, 0.3) is 0 Å². The second-order valence-corrected chi connectivity index (χ2v) is 6.53. The number of phenolic OH excluding ortho intramolecular Hbond substituents is 1. The SMILES string of the molecule is Oc1ccc2[nH]nc(-c3ccnc(N4C5CCC4COC5)c3)c2c1. The third-order valence-corrected chi connectivity index (χ3v) is 5.07. The van der Waals surface area contributed by atoms with Gasteiger partial charge in [0.15, 0.2) is 0 Å². The number of morpholine rings is 1. The first kappa shape index (κ1) is 13.8. The molecule has 2 aromatic heterocycles. The molecule has 1 aromatic carbocycles. The number of hydrogen-bond donors (Lipinski definition) is 2. The lowest BCUT2D eigenvalue weighted by atomic mass is 10.1. The molecule has 0 aliphatic carbocycles. The number of fused-ring (bicyclic) bond motifs is 3. The third-order valence-electron chi connectivity index (χ3n) is 5.07. The van der Waals surface area contributed by atoms with Gasteiger partial charge in [-0.25, -0.2) is 4.98 Å². The molecule has 2 fully saturated rings. The number of anilines is 1. The van der Waals surface area contributed by atoms with Crippen LogP contribution < -0.4 is 4.90 Å². The maximum atomic E-state index is 9.78. The number of nitrogens with zero attached hydrogens (tertiary/aromatic N) is 3. The summed E-state index contributed by atoms with van der Waals surface area (Å²) in [5.74, 6) is 1.23. The molecule has 2 saturated heterocycles. The summed E-state index contributed by atoms with van der Waals surface area (Å²) < 4.78 is 5.67. The molecule has 0 saturated carbocycles. The van der Waals surface area contributed by atoms with Crippen molar-refractivity contribution >= 4 is 16.7 Å². The number of hydrogen-bond acceptors (Lipinski definition) is 5. The number of rotatable bonds is 2. The van der Waals surface area contributed by atoms with E-state index in [0.29, 0.717) is 12.1 Å². The Labute approximate surface area is 139 Å². The molecule has 122 valence electrons. The lowest BCUT2D eigenvalue weighted by Gasteiger charge is -2.35. The number of aromatic nitrogens is 3. The zero-order valence-electron chi connectivity index (χ0n) is 13.1. The Hall–Kier alpha value is -2.60. The molecule has 2 atom stereocenters. The van der Waals surface area contributed by atoms with Crippen LogP contribution >= 0.6 is 0 Å². The molecule has 2 aliphatic heterocycles. The predicted octanol–water partition coefficient (Wildman–Crippen LogP) is 2.70. The molecule has 6 nitrogen and oxygen atoms in total. The predicted molar refractivity (Wildman–Crippen MR) is 91.1 cm³/mol. The number of pyridine rings is 1. The maximum Gasteiger partial charge on any atom is 0.129 e. The minimum Gasteiger partial charge on any atom is -0.508 e. The molecule has 0 amide bonds. The number of nitrogens with one attached hydrogen (secondary N) is 1. The normalized spacial score (nSPS) is 23.1. The lowest BCUT2D eigenvalue weighted by molar-refractivity contribution is 0.0902. The van der Waals surface area contributed by atoms with Crippen molar-refractivity contribution in [2.24, 2.45) is 0 Å². The van der Waals surface area contributed by atoms with Gasteiger partial charge in [-0.15, -0.1) is 0 Å². The van der Waals surface area contributed by atoms with Crippen LogP contribution in [-0.4, -0.2) is 45.6 Å². The summed E-state index contributed by atoms with van der Waals surface area (Å²) >= 11 is 0. The quantitative estimate of drug-likeness (QED) is 0.759. The van der Waals surface area contributed by atoms with E-state index >= 15 is 0 Å². The number of phenols is 1. The van der Waals surface area contributed by atoms with Crippen LogP contribution in [0.2, 0.25) is 0 Å². The van der Waals surface area contributed by atoms with Crippen LogP contribution in [-0.2, 0) is 4.74 Å². The molecule has 2 aliphatic rings. The van der Waals surface area contributed by atoms with Gasteiger partial charge >= 0.3 is 0 Å². The number of H-pyrrole nitrogens is 1. The molecular weight excluding hydrogens is 304 g/mol. The van der Waals surface area contributed by atoms with E-state index in [0.717, 1.165) is 54.0 Å². The first-order valence-electron chi connectivity index (χ1n) is 8.29. The largest absolute Gasteiger partial charge is 0.508 e. The standard InChI is InChI=1S/C18H18N4O2/c23-14-3-4-16-15(8-14)18(21-20-16)11-5-6-19-17(7-11)22-12-1-2-13(22)10-24-9-12/h3-8,12-13,23H,1-2,9-10H2,(H,20,21). The first-order valence-corrected chi connectivity index (χ1v) is 8.29. The van der Waals surface area contributed by atoms with Gasteiger partial charge in [0.05, 0.1) is 30.8 Å². The number of ether oxygens (including phenoxy) is 1. The van der Waals surface area contributed by atoms with Gasteiger partial charge in [0, 0.05) is 17.1 Å². The van der Waals surface area contributed by atoms with Crippen molar-refractivity contribution < 1.29 is 9.84 Å². The van der Waals surface area contributed by atoms with Gasteiger partial charge in [-0.1, -0.05) is 0 Å². The van der Waals surface area contributed by atoms with Crippen LogP contribution in [0.1, 0.15) is 12.8 Å². The molecule has 5 rings (SSSR count). The Bertz CT molecular complexity index is 891. The van der Waals surface area contributed by atoms with Crippen molar-refractivity contribution in [2.75, 3.05) is 18.1 Å². The van der Waals surface area contributed by atoms with Crippen LogP contribution in [0, 0.1) is 0 Å². The molecule has 2 N–H and O–H groups in total. The second-order valence-electron chi connectivity index (χ2n) is 6.53. The summed E-state index contributed by atoms with van der Waals surface area (Å²) in [5.41, 5.74) is 2.75. The highest BCUT2D eigenvalue weighted by molar-refractivity contribution is 5.94. The minimum absolute atomic E-state index is 0.241. The van der Waals surface area contributed by atoms with Crippen LogP contribution in [0.15, 0.2) is 36.5 Å². The van der Waals surface area contributed by atoms with E-state index in [9.17, 15) is 5.11 Å². The highest BCUT2D eigenvalue weighted by atomic mass is 16.5. The monoisotopic (exact) mass is 322 g/mol. The summed E-state index contributed by atoms with van der Waals surface area (Å²) in [6, 6.07) is 10.1. The summed E-state index contributed by atoms with van der Waals surface area (Å²) in [5, 5.41) is 18.2. The zero-order chi connectivity index (χ0) is 16.1. The van der Waals surface area contributed by atoms with Gasteiger partial charge in [-0.05, 0) is 43.2 Å². The molecule has 3 aromatic rings. The van der Waals surface area contributed by atoms with E-state index in [4.69, 9.17) is 4.74 Å². The summed E-state index contributed by atoms with van der Waals surface area (Å²) in [6.45, 7) is 1.56. The fourth-order valence-electron chi connectivity index (χ4n) is 3.93. The topological polar surface area (TPSA) is 74.3 Å². The van der Waals surface area contributed by atoms with Crippen molar-refractivity contribution in [2.45, 2.75) is 24.9 Å². The van der Waals surface area contributed by atoms with Crippen LogP contribution in [0.4, 0.5) is 5.82 Å². The van der Waals surface area contributed by atoms with Crippen molar-refractivity contribution in [1.82, 2.24) is 15.2 Å². The summed E-state index contributed by atoms with van der Waals surface area (Å²) in [7, 11) is 0. The van der Waals surface area contributed by atoms with Crippen molar-refractivity contribution in [3.05, 3.63) is 36.5 Å². The Kier molecular flexibility index (Phi) is 2.99. The maximum absolute atomic E-state index is 9.78. The summed E-state index contributed by atoms with van der Waals surface area (Å²) in [4.78, 5) is 7.00. The molecule has 0 radical (unpaired) electrons. The summed E-state index contributed by atoms with van der Waals surface area (Å²) in [6.07, 6.45) is 4.16. The first-order chi connectivity index (χ1) is 11.8. The Balaban J connectivity index is 1.59. The molecule has 4 heterocycles. The fraction of sp³-hybridized carbons (Fsp3) is 0.333. The van der Waals surface area contributed by atoms with E-state index < -0.39 is 0 Å². The van der Waals surface area contributed by atoms with E-state index in [1.54, 1.807) is 12.1 Å². The highest BCUT2D eigenvalue weighted by Crippen LogP contribution is 2.35. The average Bonchev–Trinajstić information content (AvgIpc) is 3.13. The number of benzene rings is 1. The number of aromatic amines is 1. The number of aromatic hydroxyl groups is 1. The van der Waals surface area contributed by atoms with Gasteiger partial charge in [-0.2, -0.15) is 5.10 Å². The van der Waals surface area contributed by atoms with Gasteiger partial charge in [-0.3, -0.25) is 5.10 Å². The molecule has 2 bridgehead atoms. The molecular formula is C18H18N4O2. The fourth-order valence-corrected chi connectivity index (χ4v) is 3.93. The van der Waals surface area contributed by atoms with Gasteiger partial charge in [0.1, 0.15) is 17.3 Å². The smallest absolute Gasteiger partial charge is 0.129 e. The van der Waals surface area contributed by atoms with Crippen molar-refractivity contribution in [3.8, 4) is 17.0 Å². The molecule has 2 unspecified atom stereocenters. The zero-order valence-corrected chi connectivity index (χ0v) is 13.1. The lowest BCUT2D eigenvalue weighted by Crippen LogP contribution is -2.46. The van der Waals surface area contributed by atoms with E-state index in [1.807, 2.05) is 18.3 Å². The van der Waals surface area contributed by atoms with Gasteiger partial charge < -0.3 is 14.7 Å². The minimum atomic E-state index is 0.241. The van der Waals surface area contributed by atoms with E-state index in [2.05, 4.69) is 26.1 Å². The van der Waals surface area contributed by atoms with Crippen LogP contribution in [0.5, 0.6) is 5.75 Å². The Morgan fingerprint density at radius 3 is 2.79 bits per heavy atom. The van der Waals surface area contributed by atoms with Crippen LogP contribution in [0.25, 0.3) is 22.2 Å². The molecule has 24 heavy (non-hydrogen) atoms. The average molecular weight is 322 g/mol. The van der Waals surface area contributed by atoms with E-state index in [1.165, 1.54) is 0 Å². The van der Waals surface area contributed by atoms with Crippen LogP contribution in [0.3, 0.4) is 0 Å². The Morgan fingerprint density at radius 1 is 1.12 bits per heavy atom. The van der Waals surface area contributed by atoms with E-state index in [-0.39, 0.29) is 5.75 Å². The Morgan fingerprint density at radius 2 is 1.96 bits per heavy atom. The molecule has 6 heteroatoms. The van der Waals surface area contributed by atoms with Gasteiger partial charge in [0.2, 0.25) is 0 Å². The third kappa shape index (κ3) is 2.06. The second kappa shape index (κ2) is 5.21.